The number of hydrogen-bond donors (Lipinski definition) is 2. The molecule has 0 spiro atoms. The maximum absolute atomic E-state index is 11.8. The SMILES string of the molecule is CC(NC(=O)c1cc(C(=O)O)co1)c1cnn(C)c1. The normalized spacial score (nSPS) is 12.1. The van der Waals surface area contributed by atoms with Crippen molar-refractivity contribution < 1.29 is 19.1 Å². The summed E-state index contributed by atoms with van der Waals surface area (Å²) in [5.41, 5.74) is 0.792. The Hall–Kier alpha value is -2.57. The Balaban J connectivity index is 2.06. The molecule has 19 heavy (non-hydrogen) atoms. The fraction of sp³-hybridized carbons (Fsp3) is 0.250. The predicted molar refractivity (Wildman–Crippen MR) is 64.8 cm³/mol. The molecule has 7 nitrogen and oxygen atoms in total. The van der Waals surface area contributed by atoms with Crippen molar-refractivity contribution in [1.29, 1.82) is 0 Å². The highest BCUT2D eigenvalue weighted by Crippen LogP contribution is 2.13. The average Bonchev–Trinajstić information content (AvgIpc) is 2.96. The highest BCUT2D eigenvalue weighted by Gasteiger charge is 2.17. The second-order valence-electron chi connectivity index (χ2n) is 4.15. The van der Waals surface area contributed by atoms with Gasteiger partial charge in [-0.3, -0.25) is 9.48 Å². The quantitative estimate of drug-likeness (QED) is 0.863. The Morgan fingerprint density at radius 3 is 2.79 bits per heavy atom. The molecular formula is C12H13N3O4. The Morgan fingerprint density at radius 2 is 2.26 bits per heavy atom. The molecule has 0 saturated heterocycles. The summed E-state index contributed by atoms with van der Waals surface area (Å²) in [6.07, 6.45) is 4.47. The van der Waals surface area contributed by atoms with Gasteiger partial charge in [0.2, 0.25) is 0 Å². The zero-order valence-electron chi connectivity index (χ0n) is 10.5. The largest absolute Gasteiger partial charge is 0.478 e. The minimum Gasteiger partial charge on any atom is -0.478 e. The van der Waals surface area contributed by atoms with Crippen LogP contribution < -0.4 is 5.32 Å². The molecular weight excluding hydrogens is 250 g/mol. The van der Waals surface area contributed by atoms with Crippen molar-refractivity contribution in [3.05, 3.63) is 41.6 Å². The van der Waals surface area contributed by atoms with Crippen LogP contribution in [0.25, 0.3) is 0 Å². The number of hydrogen-bond acceptors (Lipinski definition) is 4. The van der Waals surface area contributed by atoms with Gasteiger partial charge in [0, 0.05) is 24.9 Å². The van der Waals surface area contributed by atoms with Crippen LogP contribution in [0.4, 0.5) is 0 Å². The Bertz CT molecular complexity index is 614. The van der Waals surface area contributed by atoms with E-state index in [-0.39, 0.29) is 17.4 Å². The second-order valence-corrected chi connectivity index (χ2v) is 4.15. The molecule has 0 fully saturated rings. The van der Waals surface area contributed by atoms with Crippen molar-refractivity contribution in [2.75, 3.05) is 0 Å². The summed E-state index contributed by atoms with van der Waals surface area (Å²) in [5.74, 6) is -1.64. The molecule has 2 aromatic heterocycles. The third-order valence-corrected chi connectivity index (χ3v) is 2.64. The Labute approximate surface area is 108 Å². The number of aromatic carboxylic acids is 1. The molecule has 0 aliphatic heterocycles. The van der Waals surface area contributed by atoms with Gasteiger partial charge in [0.05, 0.1) is 17.8 Å². The standard InChI is InChI=1S/C12H13N3O4/c1-7(9-4-13-15(2)5-9)14-11(16)10-3-8(6-19-10)12(17)18/h3-7H,1-2H3,(H,14,16)(H,17,18). The lowest BCUT2D eigenvalue weighted by Crippen LogP contribution is -2.26. The number of carboxylic acids is 1. The molecule has 1 atom stereocenters. The van der Waals surface area contributed by atoms with E-state index in [0.29, 0.717) is 0 Å². The van der Waals surface area contributed by atoms with Crippen LogP contribution in [-0.2, 0) is 7.05 Å². The lowest BCUT2D eigenvalue weighted by molar-refractivity contribution is 0.0695. The van der Waals surface area contributed by atoms with Crippen molar-refractivity contribution in [1.82, 2.24) is 15.1 Å². The highest BCUT2D eigenvalue weighted by atomic mass is 16.4. The molecule has 2 rings (SSSR count). The molecule has 0 bridgehead atoms. The fourth-order valence-corrected chi connectivity index (χ4v) is 1.58. The van der Waals surface area contributed by atoms with Crippen molar-refractivity contribution >= 4 is 11.9 Å². The number of carbonyl (C=O) groups excluding carboxylic acids is 1. The molecule has 0 aromatic carbocycles. The van der Waals surface area contributed by atoms with Crippen LogP contribution >= 0.6 is 0 Å². The number of nitrogens with zero attached hydrogens (tertiary/aromatic N) is 2. The number of aryl methyl sites for hydroxylation is 1. The lowest BCUT2D eigenvalue weighted by atomic mass is 10.2. The van der Waals surface area contributed by atoms with E-state index in [1.54, 1.807) is 31.0 Å². The zero-order chi connectivity index (χ0) is 14.0. The molecule has 2 heterocycles. The molecule has 7 heteroatoms. The van der Waals surface area contributed by atoms with Gasteiger partial charge in [0.15, 0.2) is 5.76 Å². The summed E-state index contributed by atoms with van der Waals surface area (Å²) in [5, 5.41) is 15.4. The minimum absolute atomic E-state index is 0.0341. The molecule has 1 unspecified atom stereocenters. The van der Waals surface area contributed by atoms with Crippen LogP contribution in [-0.4, -0.2) is 26.8 Å². The maximum Gasteiger partial charge on any atom is 0.338 e. The molecule has 2 N–H and O–H groups in total. The van der Waals surface area contributed by atoms with E-state index < -0.39 is 11.9 Å². The summed E-state index contributed by atoms with van der Waals surface area (Å²) in [6.45, 7) is 1.80. The molecule has 0 radical (unpaired) electrons. The first-order chi connectivity index (χ1) is 8.97. The van der Waals surface area contributed by atoms with Crippen LogP contribution in [0.3, 0.4) is 0 Å². The lowest BCUT2D eigenvalue weighted by Gasteiger charge is -2.10. The molecule has 0 aliphatic rings. The van der Waals surface area contributed by atoms with Gasteiger partial charge in [-0.15, -0.1) is 0 Å². The van der Waals surface area contributed by atoms with Crippen molar-refractivity contribution in [2.24, 2.45) is 7.05 Å². The number of carbonyl (C=O) groups is 2. The van der Waals surface area contributed by atoms with Gasteiger partial charge in [0.1, 0.15) is 6.26 Å². The van der Waals surface area contributed by atoms with Gasteiger partial charge in [-0.1, -0.05) is 0 Å². The molecule has 100 valence electrons. The number of carboxylic acid groups (broad SMARTS) is 1. The number of aromatic nitrogens is 2. The summed E-state index contributed by atoms with van der Waals surface area (Å²) in [6, 6.07) is 0.938. The number of furan rings is 1. The van der Waals surface area contributed by atoms with Gasteiger partial charge < -0.3 is 14.8 Å². The van der Waals surface area contributed by atoms with Crippen LogP contribution in [0, 0.1) is 0 Å². The van der Waals surface area contributed by atoms with Gasteiger partial charge >= 0.3 is 5.97 Å². The Kier molecular flexibility index (Phi) is 3.37. The molecule has 0 saturated carbocycles. The van der Waals surface area contributed by atoms with Gasteiger partial charge in [0.25, 0.3) is 5.91 Å². The topological polar surface area (TPSA) is 97.4 Å². The first-order valence-corrected chi connectivity index (χ1v) is 5.58. The first kappa shape index (κ1) is 12.9. The van der Waals surface area contributed by atoms with Gasteiger partial charge in [-0.2, -0.15) is 5.10 Å². The van der Waals surface area contributed by atoms with E-state index in [2.05, 4.69) is 10.4 Å². The van der Waals surface area contributed by atoms with E-state index in [0.717, 1.165) is 11.8 Å². The van der Waals surface area contributed by atoms with Crippen LogP contribution in [0.2, 0.25) is 0 Å². The van der Waals surface area contributed by atoms with Gasteiger partial charge in [-0.05, 0) is 6.92 Å². The van der Waals surface area contributed by atoms with Crippen molar-refractivity contribution in [2.45, 2.75) is 13.0 Å². The average molecular weight is 263 g/mol. The first-order valence-electron chi connectivity index (χ1n) is 5.58. The summed E-state index contributed by atoms with van der Waals surface area (Å²) in [4.78, 5) is 22.5. The fourth-order valence-electron chi connectivity index (χ4n) is 1.58. The smallest absolute Gasteiger partial charge is 0.338 e. The Morgan fingerprint density at radius 1 is 1.53 bits per heavy atom. The van der Waals surface area contributed by atoms with E-state index in [1.807, 2.05) is 0 Å². The molecule has 1 amide bonds. The molecule has 2 aromatic rings. The monoisotopic (exact) mass is 263 g/mol. The zero-order valence-corrected chi connectivity index (χ0v) is 10.5. The number of nitrogens with one attached hydrogen (secondary N) is 1. The summed E-state index contributed by atoms with van der Waals surface area (Å²) >= 11 is 0. The number of rotatable bonds is 4. The maximum atomic E-state index is 11.8. The molecule has 0 aliphatic carbocycles. The predicted octanol–water partition coefficient (Wildman–Crippen LogP) is 1.20. The minimum atomic E-state index is -1.14. The van der Waals surface area contributed by atoms with E-state index in [4.69, 9.17) is 9.52 Å². The van der Waals surface area contributed by atoms with Crippen LogP contribution in [0.1, 0.15) is 39.4 Å². The van der Waals surface area contributed by atoms with Crippen LogP contribution in [0.15, 0.2) is 29.1 Å². The second kappa shape index (κ2) is 4.97. The highest BCUT2D eigenvalue weighted by molar-refractivity contribution is 5.95. The van der Waals surface area contributed by atoms with E-state index in [1.165, 1.54) is 6.07 Å². The third-order valence-electron chi connectivity index (χ3n) is 2.64. The van der Waals surface area contributed by atoms with Crippen molar-refractivity contribution in [3.63, 3.8) is 0 Å². The van der Waals surface area contributed by atoms with Gasteiger partial charge in [-0.25, -0.2) is 4.79 Å². The van der Waals surface area contributed by atoms with E-state index >= 15 is 0 Å². The number of amides is 1. The third kappa shape index (κ3) is 2.82. The van der Waals surface area contributed by atoms with Crippen LogP contribution in [0.5, 0.6) is 0 Å². The van der Waals surface area contributed by atoms with Crippen molar-refractivity contribution in [3.8, 4) is 0 Å². The summed E-state index contributed by atoms with van der Waals surface area (Å²) in [7, 11) is 1.78. The summed E-state index contributed by atoms with van der Waals surface area (Å²) < 4.78 is 6.55. The van der Waals surface area contributed by atoms with E-state index in [9.17, 15) is 9.59 Å².